The zero-order valence-corrected chi connectivity index (χ0v) is 22.8. The van der Waals surface area contributed by atoms with Gasteiger partial charge in [-0.15, -0.1) is 0 Å². The van der Waals surface area contributed by atoms with Crippen LogP contribution in [0.4, 0.5) is 0 Å². The van der Waals surface area contributed by atoms with Crippen LogP contribution in [0.3, 0.4) is 0 Å². The van der Waals surface area contributed by atoms with Crippen molar-refractivity contribution < 1.29 is 49.5 Å². The largest absolute Gasteiger partial charge is 0.480 e. The fourth-order valence-corrected chi connectivity index (χ4v) is 1.39. The first-order chi connectivity index (χ1) is 16.6. The molecule has 0 aromatic carbocycles. The van der Waals surface area contributed by atoms with E-state index >= 15 is 0 Å². The van der Waals surface area contributed by atoms with Gasteiger partial charge in [-0.05, 0) is 31.1 Å². The van der Waals surface area contributed by atoms with E-state index in [2.05, 4.69) is 5.73 Å². The van der Waals surface area contributed by atoms with Crippen molar-refractivity contribution in [2.45, 2.75) is 85.5 Å². The highest BCUT2D eigenvalue weighted by atomic mass is 16.4. The number of nitrogens with two attached hydrogens (primary N) is 5. The molecule has 0 radical (unpaired) electrons. The molecule has 0 fully saturated rings. The standard InChI is InChI=1S/2C6H13NO2.C5H11NO2.C3H7NO2.C2H5NO2/c1-4(2)3-5(7)6(8)9;1-3-4(2)5(7)6(8)9;1-3(2)4(6)5(7)8;1-2(4)3(5)6;3-1-2(4)5/h2*4-5H,3,7H2,1-2H3,(H,8,9);3-4H,6H2,1-2H3,(H,7,8);2H,4H2,1H3,(H,5,6);1,3H2,(H,4,5). The summed E-state index contributed by atoms with van der Waals surface area (Å²) in [7, 11) is 0. The molecule has 37 heavy (non-hydrogen) atoms. The fourth-order valence-electron chi connectivity index (χ4n) is 1.39. The zero-order valence-electron chi connectivity index (χ0n) is 22.8. The second kappa shape index (κ2) is 26.2. The Labute approximate surface area is 218 Å². The number of rotatable bonds is 10. The molecule has 0 aliphatic heterocycles. The molecule has 0 aromatic rings. The third-order valence-electron chi connectivity index (χ3n) is 4.15. The highest BCUT2D eigenvalue weighted by molar-refractivity contribution is 5.74. The van der Waals surface area contributed by atoms with E-state index in [1.54, 1.807) is 13.8 Å². The van der Waals surface area contributed by atoms with Crippen molar-refractivity contribution in [1.82, 2.24) is 0 Å². The number of carboxylic acids is 5. The van der Waals surface area contributed by atoms with E-state index in [-0.39, 0.29) is 18.4 Å². The monoisotopic (exact) mass is 543 g/mol. The number of carboxylic acid groups (broad SMARTS) is 5. The third-order valence-corrected chi connectivity index (χ3v) is 4.15. The minimum absolute atomic E-state index is 0.0208. The SMILES string of the molecule is CC(C)C(N)C(=O)O.CC(C)CC(N)C(=O)O.CC(N)C(=O)O.CCC(C)C(N)C(=O)O.NCC(=O)O. The van der Waals surface area contributed by atoms with Crippen LogP contribution >= 0.6 is 0 Å². The summed E-state index contributed by atoms with van der Waals surface area (Å²) in [5.41, 5.74) is 25.1. The quantitative estimate of drug-likeness (QED) is 0.164. The van der Waals surface area contributed by atoms with Crippen LogP contribution in [0.15, 0.2) is 0 Å². The molecular formula is C22H49N5O10. The number of aliphatic carboxylic acids is 5. The van der Waals surface area contributed by atoms with Gasteiger partial charge in [-0.2, -0.15) is 0 Å². The Hall–Kier alpha value is -2.85. The number of hydrogen-bond acceptors (Lipinski definition) is 10. The molecule has 0 aliphatic carbocycles. The van der Waals surface area contributed by atoms with Gasteiger partial charge in [-0.25, -0.2) is 0 Å². The molecule has 0 heterocycles. The molecule has 222 valence electrons. The first-order valence-electron chi connectivity index (χ1n) is 11.5. The molecule has 15 heteroatoms. The molecule has 15 N–H and O–H groups in total. The summed E-state index contributed by atoms with van der Waals surface area (Å²) in [6, 6.07) is -2.83. The van der Waals surface area contributed by atoms with E-state index in [9.17, 15) is 24.0 Å². The Morgan fingerprint density at radius 2 is 0.973 bits per heavy atom. The summed E-state index contributed by atoms with van der Waals surface area (Å²) in [6.07, 6.45) is 1.36. The van der Waals surface area contributed by atoms with Crippen molar-refractivity contribution >= 4 is 29.8 Å². The van der Waals surface area contributed by atoms with Crippen molar-refractivity contribution in [3.05, 3.63) is 0 Å². The third kappa shape index (κ3) is 37.9. The lowest BCUT2D eigenvalue weighted by Gasteiger charge is -2.11. The van der Waals surface area contributed by atoms with Crippen LogP contribution in [0, 0.1) is 17.8 Å². The van der Waals surface area contributed by atoms with Gasteiger partial charge < -0.3 is 54.2 Å². The van der Waals surface area contributed by atoms with E-state index in [0.717, 1.165) is 6.42 Å². The van der Waals surface area contributed by atoms with Crippen LogP contribution in [-0.4, -0.2) is 86.1 Å². The van der Waals surface area contributed by atoms with Gasteiger partial charge in [-0.3, -0.25) is 24.0 Å². The average molecular weight is 544 g/mol. The lowest BCUT2D eigenvalue weighted by molar-refractivity contribution is -0.140. The van der Waals surface area contributed by atoms with Gasteiger partial charge in [0.25, 0.3) is 0 Å². The minimum atomic E-state index is -0.968. The number of carbonyl (C=O) groups is 5. The maximum Gasteiger partial charge on any atom is 0.320 e. The van der Waals surface area contributed by atoms with Gasteiger partial charge >= 0.3 is 29.8 Å². The molecular weight excluding hydrogens is 494 g/mol. The molecule has 0 saturated carbocycles. The predicted molar refractivity (Wildman–Crippen MR) is 139 cm³/mol. The average Bonchev–Trinajstić information content (AvgIpc) is 2.78. The number of hydrogen-bond donors (Lipinski definition) is 10. The van der Waals surface area contributed by atoms with Gasteiger partial charge in [0.05, 0.1) is 6.54 Å². The van der Waals surface area contributed by atoms with Crippen LogP contribution in [0.5, 0.6) is 0 Å². The normalized spacial score (nSPS) is 13.7. The Morgan fingerprint density at radius 3 is 1.03 bits per heavy atom. The van der Waals surface area contributed by atoms with E-state index in [1.807, 2.05) is 27.7 Å². The smallest absolute Gasteiger partial charge is 0.320 e. The van der Waals surface area contributed by atoms with Crippen LogP contribution in [-0.2, 0) is 24.0 Å². The molecule has 0 amide bonds. The Bertz CT molecular complexity index is 645. The first-order valence-corrected chi connectivity index (χ1v) is 11.5. The summed E-state index contributed by atoms with van der Waals surface area (Å²) in [6.45, 7) is 12.3. The molecule has 0 spiro atoms. The Kier molecular flexibility index (Phi) is 31.3. The highest BCUT2D eigenvalue weighted by Crippen LogP contribution is 2.04. The maximum atomic E-state index is 10.2. The summed E-state index contributed by atoms with van der Waals surface area (Å²) in [5, 5.41) is 40.4. The van der Waals surface area contributed by atoms with Gasteiger partial charge in [-0.1, -0.05) is 48.0 Å². The fraction of sp³-hybridized carbons (Fsp3) is 0.773. The highest BCUT2D eigenvalue weighted by Gasteiger charge is 2.17. The molecule has 0 bridgehead atoms. The van der Waals surface area contributed by atoms with Gasteiger partial charge in [0.2, 0.25) is 0 Å². The molecule has 0 aliphatic rings. The Balaban J connectivity index is -0.000000117. The zero-order chi connectivity index (χ0) is 31.0. The van der Waals surface area contributed by atoms with E-state index < -0.39 is 54.0 Å². The predicted octanol–water partition coefficient (Wildman–Crippen LogP) is -0.609. The first kappa shape index (κ1) is 44.2. The molecule has 5 unspecified atom stereocenters. The van der Waals surface area contributed by atoms with Crippen molar-refractivity contribution in [1.29, 1.82) is 0 Å². The van der Waals surface area contributed by atoms with Gasteiger partial charge in [0.15, 0.2) is 0 Å². The topological polar surface area (TPSA) is 317 Å². The molecule has 5 atom stereocenters. The summed E-state index contributed by atoms with van der Waals surface area (Å²) >= 11 is 0. The summed E-state index contributed by atoms with van der Waals surface area (Å²) in [4.78, 5) is 49.1. The lowest BCUT2D eigenvalue weighted by Crippen LogP contribution is -2.36. The van der Waals surface area contributed by atoms with Crippen molar-refractivity contribution in [2.24, 2.45) is 46.4 Å². The van der Waals surface area contributed by atoms with Gasteiger partial charge in [0.1, 0.15) is 24.2 Å². The Morgan fingerprint density at radius 1 is 0.649 bits per heavy atom. The van der Waals surface area contributed by atoms with Crippen molar-refractivity contribution in [3.8, 4) is 0 Å². The second-order valence-corrected chi connectivity index (χ2v) is 8.66. The molecule has 15 nitrogen and oxygen atoms in total. The maximum absolute atomic E-state index is 10.2. The van der Waals surface area contributed by atoms with Crippen LogP contribution < -0.4 is 28.7 Å². The van der Waals surface area contributed by atoms with Crippen LogP contribution in [0.1, 0.15) is 61.3 Å². The van der Waals surface area contributed by atoms with E-state index in [0.29, 0.717) is 12.3 Å². The van der Waals surface area contributed by atoms with E-state index in [1.165, 1.54) is 6.92 Å². The summed E-state index contributed by atoms with van der Waals surface area (Å²) in [5.74, 6) is -4.24. The van der Waals surface area contributed by atoms with Crippen molar-refractivity contribution in [3.63, 3.8) is 0 Å². The van der Waals surface area contributed by atoms with E-state index in [4.69, 9.17) is 48.5 Å². The van der Waals surface area contributed by atoms with Crippen LogP contribution in [0.2, 0.25) is 0 Å². The summed E-state index contributed by atoms with van der Waals surface area (Å²) < 4.78 is 0. The molecule has 0 rings (SSSR count). The minimum Gasteiger partial charge on any atom is -0.480 e. The lowest BCUT2D eigenvalue weighted by atomic mass is 10.0. The van der Waals surface area contributed by atoms with Crippen molar-refractivity contribution in [2.75, 3.05) is 6.54 Å². The molecule has 0 aromatic heterocycles. The van der Waals surface area contributed by atoms with Crippen LogP contribution in [0.25, 0.3) is 0 Å². The second-order valence-electron chi connectivity index (χ2n) is 8.66. The van der Waals surface area contributed by atoms with Gasteiger partial charge in [0, 0.05) is 0 Å². The molecule has 0 saturated heterocycles.